The van der Waals surface area contributed by atoms with Crippen molar-refractivity contribution in [1.29, 1.82) is 0 Å². The Kier molecular flexibility index (Phi) is 16.3. The molecule has 4 aromatic rings. The molecule has 6 fully saturated rings. The summed E-state index contributed by atoms with van der Waals surface area (Å²) in [6.45, 7) is 18.5. The average Bonchev–Trinajstić information content (AvgIpc) is 0.857. The van der Waals surface area contributed by atoms with Gasteiger partial charge in [0, 0.05) is 0 Å². The molecule has 4 aromatic carbocycles. The van der Waals surface area contributed by atoms with Gasteiger partial charge < -0.3 is 48.1 Å². The predicted molar refractivity (Wildman–Crippen MR) is 308 cm³/mol. The van der Waals surface area contributed by atoms with Crippen molar-refractivity contribution in [3.63, 3.8) is 0 Å². The summed E-state index contributed by atoms with van der Waals surface area (Å²) >= 11 is 0. The first-order valence-corrected chi connectivity index (χ1v) is 30.2. The van der Waals surface area contributed by atoms with E-state index in [1.165, 1.54) is 5.57 Å². The number of allylic oxidation sites excluding steroid dienone is 2. The van der Waals surface area contributed by atoms with Crippen LogP contribution in [-0.4, -0.2) is 102 Å². The van der Waals surface area contributed by atoms with Crippen LogP contribution >= 0.6 is 0 Å². The van der Waals surface area contributed by atoms with Gasteiger partial charge >= 0.3 is 23.9 Å². The Balaban J connectivity index is 0.859. The predicted octanol–water partition coefficient (Wildman–Crippen LogP) is 11.8. The molecule has 0 bridgehead atoms. The second kappa shape index (κ2) is 22.9. The topological polar surface area (TPSA) is 183 Å². The maximum atomic E-state index is 14.7. The summed E-state index contributed by atoms with van der Waals surface area (Å²) in [7, 11) is 0. The van der Waals surface area contributed by atoms with Crippen LogP contribution in [0.15, 0.2) is 133 Å². The third-order valence-corrected chi connectivity index (χ3v) is 21.7. The molecule has 444 valence electrons. The molecule has 2 saturated heterocycles. The van der Waals surface area contributed by atoms with E-state index in [2.05, 4.69) is 54.5 Å². The molecule has 11 rings (SSSR count). The minimum absolute atomic E-state index is 0.0384. The third kappa shape index (κ3) is 10.8. The highest BCUT2D eigenvalue weighted by molar-refractivity contribution is 5.91. The Morgan fingerprint density at radius 1 is 0.590 bits per heavy atom. The zero-order chi connectivity index (χ0) is 58.7. The zero-order valence-corrected chi connectivity index (χ0v) is 49.4. The summed E-state index contributed by atoms with van der Waals surface area (Å²) < 4.78 is 51.7. The minimum atomic E-state index is -1.61. The summed E-state index contributed by atoms with van der Waals surface area (Å²) in [5.74, 6) is -1.68. The highest BCUT2D eigenvalue weighted by Crippen LogP contribution is 2.76. The van der Waals surface area contributed by atoms with Crippen LogP contribution < -0.4 is 0 Å². The van der Waals surface area contributed by atoms with E-state index in [0.29, 0.717) is 12.3 Å². The van der Waals surface area contributed by atoms with Gasteiger partial charge in [0.15, 0.2) is 30.9 Å². The Bertz CT molecular complexity index is 3000. The Morgan fingerprint density at radius 3 is 1.75 bits per heavy atom. The van der Waals surface area contributed by atoms with Crippen LogP contribution in [0.2, 0.25) is 0 Å². The Hall–Kier alpha value is -5.74. The first-order chi connectivity index (χ1) is 39.6. The van der Waals surface area contributed by atoms with Gasteiger partial charge in [-0.1, -0.05) is 145 Å². The molecule has 14 heteroatoms. The standard InChI is InChI=1S/C69H84O14/c1-42-54(80-58(72)44-23-15-10-16-24-44)56(81-59(73)45-25-17-11-18-26-45)57(82-60(74)46-27-19-12-20-28-46)62(78-42)83-55-53(71)49(70)41-76-61(55)79-52-32-33-66(6)50(65(52,4)5)31-34-68(8)51(66)30-29-47-48-39-64(2,3)35-37-69(48,38-36-67(47,68)7)63(75)77-40-43-21-13-9-14-22-43/h9-29,42,48-57,61-62,70-71H,30-41H2,1-8H3/t42-,48-,49-,50-,51+,52-,53-,54-,55+,56+,57+,61+,62-,66-,67+,68+,69-/m0/s1. The van der Waals surface area contributed by atoms with Gasteiger partial charge in [0.25, 0.3) is 0 Å². The van der Waals surface area contributed by atoms with Gasteiger partial charge in [-0.15, -0.1) is 0 Å². The largest absolute Gasteiger partial charge is 0.460 e. The molecule has 83 heavy (non-hydrogen) atoms. The van der Waals surface area contributed by atoms with Crippen molar-refractivity contribution in [2.75, 3.05) is 6.61 Å². The van der Waals surface area contributed by atoms with Gasteiger partial charge in [0.05, 0.1) is 40.9 Å². The van der Waals surface area contributed by atoms with Crippen molar-refractivity contribution in [1.82, 2.24) is 0 Å². The quantitative estimate of drug-likeness (QED) is 0.0558. The van der Waals surface area contributed by atoms with Crippen LogP contribution in [0, 0.1) is 50.2 Å². The molecule has 0 spiro atoms. The molecule has 5 aliphatic carbocycles. The third-order valence-electron chi connectivity index (χ3n) is 21.7. The number of hydrogen-bond donors (Lipinski definition) is 2. The van der Waals surface area contributed by atoms with Crippen LogP contribution in [0.25, 0.3) is 0 Å². The highest BCUT2D eigenvalue weighted by Gasteiger charge is 2.70. The lowest BCUT2D eigenvalue weighted by atomic mass is 9.33. The van der Waals surface area contributed by atoms with Crippen LogP contribution in [0.4, 0.5) is 0 Å². The Labute approximate surface area is 488 Å². The number of carbonyl (C=O) groups is 4. The molecule has 0 unspecified atom stereocenters. The minimum Gasteiger partial charge on any atom is -0.460 e. The van der Waals surface area contributed by atoms with Gasteiger partial charge in [0.2, 0.25) is 0 Å². The van der Waals surface area contributed by atoms with E-state index in [1.807, 2.05) is 30.3 Å². The van der Waals surface area contributed by atoms with Gasteiger partial charge in [-0.25, -0.2) is 14.4 Å². The number of rotatable bonds is 13. The lowest BCUT2D eigenvalue weighted by Crippen LogP contribution is -2.66. The Morgan fingerprint density at radius 2 is 1.14 bits per heavy atom. The van der Waals surface area contributed by atoms with Crippen LogP contribution in [0.5, 0.6) is 0 Å². The molecule has 17 atom stereocenters. The number of esters is 4. The highest BCUT2D eigenvalue weighted by atomic mass is 16.8. The second-order valence-electron chi connectivity index (χ2n) is 27.2. The van der Waals surface area contributed by atoms with Crippen molar-refractivity contribution in [2.45, 2.75) is 188 Å². The van der Waals surface area contributed by atoms with Crippen molar-refractivity contribution in [3.8, 4) is 0 Å². The summed E-state index contributed by atoms with van der Waals surface area (Å²) in [5.41, 5.74) is 1.97. The second-order valence-corrected chi connectivity index (χ2v) is 27.2. The normalized spacial score (nSPS) is 37.8. The van der Waals surface area contributed by atoms with E-state index >= 15 is 0 Å². The van der Waals surface area contributed by atoms with Gasteiger partial charge in [-0.3, -0.25) is 4.79 Å². The van der Waals surface area contributed by atoms with Crippen LogP contribution in [0.1, 0.15) is 156 Å². The van der Waals surface area contributed by atoms with E-state index in [-0.39, 0.29) is 75.5 Å². The number of carbonyl (C=O) groups excluding carboxylic acids is 4. The van der Waals surface area contributed by atoms with E-state index in [0.717, 1.165) is 63.4 Å². The monoisotopic (exact) mass is 1140 g/mol. The number of benzene rings is 4. The SMILES string of the molecule is C[C@@H]1O[C@@H](O[C@H]2[C@@H](O[C@H]3CC[C@]4(C)[C@H]5CC=C6[C@@H]7CC(C)(C)CC[C@]7(C(=O)OCc7ccccc7)CC[C@@]6(C)[C@]5(C)CC[C@H]4C3(C)C)OC[C@H](O)[C@@H]2O)[C@H](OC(=O)c2ccccc2)[C@H](OC(=O)c2ccccc2)[C@H]1OC(=O)c1ccccc1. The number of ether oxygens (including phenoxy) is 8. The van der Waals surface area contributed by atoms with Gasteiger partial charge in [-0.05, 0) is 158 Å². The van der Waals surface area contributed by atoms with Gasteiger partial charge in [0.1, 0.15) is 24.9 Å². The first kappa shape index (κ1) is 59.0. The summed E-state index contributed by atoms with van der Waals surface area (Å²) in [6, 6.07) is 34.8. The van der Waals surface area contributed by atoms with Crippen molar-refractivity contribution < 1.29 is 67.3 Å². The molecule has 2 heterocycles. The molecule has 4 saturated carbocycles. The summed E-state index contributed by atoms with van der Waals surface area (Å²) in [5, 5.41) is 23.3. The summed E-state index contributed by atoms with van der Waals surface area (Å²) in [6.07, 6.45) is -1.54. The molecule has 0 radical (unpaired) electrons. The number of aliphatic hydroxyl groups excluding tert-OH is 2. The molecule has 14 nitrogen and oxygen atoms in total. The number of aliphatic hydroxyl groups is 2. The van der Waals surface area contributed by atoms with E-state index < -0.39 is 84.0 Å². The smallest absolute Gasteiger partial charge is 0.338 e. The molecule has 2 N–H and O–H groups in total. The lowest BCUT2D eigenvalue weighted by Gasteiger charge is -2.71. The van der Waals surface area contributed by atoms with E-state index in [4.69, 9.17) is 37.9 Å². The van der Waals surface area contributed by atoms with Crippen molar-refractivity contribution in [3.05, 3.63) is 155 Å². The van der Waals surface area contributed by atoms with Crippen molar-refractivity contribution >= 4 is 23.9 Å². The maximum Gasteiger partial charge on any atom is 0.338 e. The fourth-order valence-corrected chi connectivity index (χ4v) is 16.8. The molecular weight excluding hydrogens is 1050 g/mol. The summed E-state index contributed by atoms with van der Waals surface area (Å²) in [4.78, 5) is 56.7. The fourth-order valence-electron chi connectivity index (χ4n) is 16.8. The molecule has 2 aliphatic heterocycles. The molecule has 0 amide bonds. The van der Waals surface area contributed by atoms with Crippen LogP contribution in [-0.2, 0) is 49.3 Å². The van der Waals surface area contributed by atoms with Gasteiger partial charge in [-0.2, -0.15) is 0 Å². The van der Waals surface area contributed by atoms with Crippen LogP contribution in [0.3, 0.4) is 0 Å². The molecule has 7 aliphatic rings. The maximum absolute atomic E-state index is 14.7. The first-order valence-electron chi connectivity index (χ1n) is 30.2. The zero-order valence-electron chi connectivity index (χ0n) is 49.4. The average molecular weight is 1140 g/mol. The lowest BCUT2D eigenvalue weighted by molar-refractivity contribution is -0.363. The van der Waals surface area contributed by atoms with E-state index in [9.17, 15) is 29.4 Å². The molecule has 0 aromatic heterocycles. The number of hydrogen-bond acceptors (Lipinski definition) is 14. The number of fused-ring (bicyclic) bond motifs is 7. The fraction of sp³-hybridized carbons (Fsp3) is 0.565. The van der Waals surface area contributed by atoms with Crippen molar-refractivity contribution in [2.24, 2.45) is 50.2 Å². The van der Waals surface area contributed by atoms with E-state index in [1.54, 1.807) is 97.9 Å². The molecular formula is C69H84O14.